The minimum atomic E-state index is -0.342. The molecule has 0 atom stereocenters. The van der Waals surface area contributed by atoms with E-state index in [-0.39, 0.29) is 11.8 Å². The van der Waals surface area contributed by atoms with Crippen LogP contribution in [0, 0.1) is 0 Å². The summed E-state index contributed by atoms with van der Waals surface area (Å²) in [5.74, 6) is -0.146. The molecule has 2 N–H and O–H groups in total. The first-order valence-corrected chi connectivity index (χ1v) is 10.7. The van der Waals surface area contributed by atoms with Crippen molar-refractivity contribution < 1.29 is 14.3 Å². The second kappa shape index (κ2) is 10.8. The zero-order valence-corrected chi connectivity index (χ0v) is 18.0. The van der Waals surface area contributed by atoms with E-state index in [0.29, 0.717) is 34.9 Å². The third kappa shape index (κ3) is 5.86. The maximum absolute atomic E-state index is 13.1. The Morgan fingerprint density at radius 2 is 1.18 bits per heavy atom. The summed E-state index contributed by atoms with van der Waals surface area (Å²) in [5, 5.41) is 5.71. The van der Waals surface area contributed by atoms with Gasteiger partial charge in [0.15, 0.2) is 0 Å². The van der Waals surface area contributed by atoms with Gasteiger partial charge in [0.1, 0.15) is 5.75 Å². The van der Waals surface area contributed by atoms with Crippen molar-refractivity contribution >= 4 is 23.2 Å². The summed E-state index contributed by atoms with van der Waals surface area (Å²) in [6, 6.07) is 33.2. The van der Waals surface area contributed by atoms with Crippen LogP contribution in [0.1, 0.15) is 26.3 Å². The molecule has 0 aliphatic carbocycles. The summed E-state index contributed by atoms with van der Waals surface area (Å²) in [6.45, 7) is 0.449. The van der Waals surface area contributed by atoms with Crippen molar-refractivity contribution in [2.24, 2.45) is 0 Å². The third-order valence-electron chi connectivity index (χ3n) is 5.07. The largest absolute Gasteiger partial charge is 0.492 e. The number of carbonyl (C=O) groups is 2. The molecule has 33 heavy (non-hydrogen) atoms. The van der Waals surface area contributed by atoms with Gasteiger partial charge in [0, 0.05) is 12.1 Å². The van der Waals surface area contributed by atoms with Crippen LogP contribution < -0.4 is 15.4 Å². The summed E-state index contributed by atoms with van der Waals surface area (Å²) < 4.78 is 5.92. The Kier molecular flexibility index (Phi) is 7.13. The molecule has 164 valence electrons. The normalized spacial score (nSPS) is 10.3. The fourth-order valence-electron chi connectivity index (χ4n) is 3.40. The molecule has 5 nitrogen and oxygen atoms in total. The Hall–Kier alpha value is -4.38. The van der Waals surface area contributed by atoms with Gasteiger partial charge in [0.2, 0.25) is 0 Å². The van der Waals surface area contributed by atoms with Crippen LogP contribution >= 0.6 is 0 Å². The highest BCUT2D eigenvalue weighted by molar-refractivity contribution is 6.13. The number of nitrogens with one attached hydrogen (secondary N) is 2. The topological polar surface area (TPSA) is 67.4 Å². The lowest BCUT2D eigenvalue weighted by molar-refractivity contribution is 0.102. The molecule has 2 amide bonds. The average molecular weight is 437 g/mol. The standard InChI is InChI=1S/C28H24N2O3/c31-27(29-22-13-5-2-6-14-22)23-15-7-9-17-25(23)30-28(32)24-16-8-10-18-26(24)33-20-19-21-11-3-1-4-12-21/h1-18H,19-20H2,(H,29,31)(H,30,32). The molecule has 5 heteroatoms. The van der Waals surface area contributed by atoms with E-state index in [9.17, 15) is 9.59 Å². The maximum Gasteiger partial charge on any atom is 0.259 e. The molecule has 4 rings (SSSR count). The predicted molar refractivity (Wildman–Crippen MR) is 131 cm³/mol. The first kappa shape index (κ1) is 21.8. The zero-order chi connectivity index (χ0) is 22.9. The number of para-hydroxylation sites is 3. The maximum atomic E-state index is 13.1. The van der Waals surface area contributed by atoms with Gasteiger partial charge in [0.25, 0.3) is 11.8 Å². The minimum Gasteiger partial charge on any atom is -0.492 e. The van der Waals surface area contributed by atoms with Gasteiger partial charge in [-0.05, 0) is 42.0 Å². The van der Waals surface area contributed by atoms with Gasteiger partial charge in [-0.2, -0.15) is 0 Å². The van der Waals surface area contributed by atoms with E-state index in [1.54, 1.807) is 42.5 Å². The lowest BCUT2D eigenvalue weighted by Gasteiger charge is -2.14. The molecular formula is C28H24N2O3. The first-order valence-electron chi connectivity index (χ1n) is 10.7. The van der Waals surface area contributed by atoms with Gasteiger partial charge in [-0.1, -0.05) is 72.8 Å². The molecule has 0 saturated heterocycles. The monoisotopic (exact) mass is 436 g/mol. The Bertz CT molecular complexity index is 1220. The van der Waals surface area contributed by atoms with Crippen LogP contribution in [0.3, 0.4) is 0 Å². The van der Waals surface area contributed by atoms with E-state index < -0.39 is 0 Å². The Morgan fingerprint density at radius 1 is 0.606 bits per heavy atom. The highest BCUT2D eigenvalue weighted by Crippen LogP contribution is 2.22. The van der Waals surface area contributed by atoms with Crippen molar-refractivity contribution in [1.82, 2.24) is 0 Å². The van der Waals surface area contributed by atoms with E-state index in [1.165, 1.54) is 0 Å². The fraction of sp³-hybridized carbons (Fsp3) is 0.0714. The molecule has 0 spiro atoms. The van der Waals surface area contributed by atoms with Crippen molar-refractivity contribution in [2.75, 3.05) is 17.2 Å². The van der Waals surface area contributed by atoms with Gasteiger partial charge in [-0.15, -0.1) is 0 Å². The summed E-state index contributed by atoms with van der Waals surface area (Å²) in [4.78, 5) is 25.9. The summed E-state index contributed by atoms with van der Waals surface area (Å²) in [7, 11) is 0. The van der Waals surface area contributed by atoms with Crippen molar-refractivity contribution in [3.8, 4) is 5.75 Å². The van der Waals surface area contributed by atoms with Crippen molar-refractivity contribution in [3.63, 3.8) is 0 Å². The zero-order valence-electron chi connectivity index (χ0n) is 18.0. The van der Waals surface area contributed by atoms with E-state index >= 15 is 0 Å². The van der Waals surface area contributed by atoms with Gasteiger partial charge in [0.05, 0.1) is 23.4 Å². The van der Waals surface area contributed by atoms with Crippen LogP contribution in [-0.2, 0) is 6.42 Å². The molecule has 0 aliphatic rings. The van der Waals surface area contributed by atoms with Crippen LogP contribution in [0.5, 0.6) is 5.75 Å². The molecule has 0 bridgehead atoms. The Balaban J connectivity index is 1.46. The van der Waals surface area contributed by atoms with Gasteiger partial charge >= 0.3 is 0 Å². The molecule has 0 aliphatic heterocycles. The summed E-state index contributed by atoms with van der Waals surface area (Å²) >= 11 is 0. The van der Waals surface area contributed by atoms with Crippen LogP contribution in [-0.4, -0.2) is 18.4 Å². The van der Waals surface area contributed by atoms with E-state index in [0.717, 1.165) is 12.0 Å². The number of hydrogen-bond acceptors (Lipinski definition) is 3. The molecule has 0 heterocycles. The van der Waals surface area contributed by atoms with Crippen molar-refractivity contribution in [1.29, 1.82) is 0 Å². The molecule has 0 unspecified atom stereocenters. The van der Waals surface area contributed by atoms with E-state index in [1.807, 2.05) is 66.7 Å². The lowest BCUT2D eigenvalue weighted by atomic mass is 10.1. The van der Waals surface area contributed by atoms with E-state index in [2.05, 4.69) is 10.6 Å². The molecule has 4 aromatic carbocycles. The van der Waals surface area contributed by atoms with E-state index in [4.69, 9.17) is 4.74 Å². The SMILES string of the molecule is O=C(Nc1ccccc1)c1ccccc1NC(=O)c1ccccc1OCCc1ccccc1. The van der Waals surface area contributed by atoms with Crippen LogP contribution in [0.25, 0.3) is 0 Å². The molecule has 0 saturated carbocycles. The lowest BCUT2D eigenvalue weighted by Crippen LogP contribution is -2.19. The van der Waals surface area contributed by atoms with Gasteiger partial charge < -0.3 is 15.4 Å². The molecule has 0 aromatic heterocycles. The molecule has 0 fully saturated rings. The third-order valence-corrected chi connectivity index (χ3v) is 5.07. The quantitative estimate of drug-likeness (QED) is 0.366. The highest BCUT2D eigenvalue weighted by Gasteiger charge is 2.17. The average Bonchev–Trinajstić information content (AvgIpc) is 2.86. The molecular weight excluding hydrogens is 412 g/mol. The molecule has 0 radical (unpaired) electrons. The van der Waals surface area contributed by atoms with Crippen LogP contribution in [0.4, 0.5) is 11.4 Å². The second-order valence-corrected chi connectivity index (χ2v) is 7.40. The number of ether oxygens (including phenoxy) is 1. The van der Waals surface area contributed by atoms with Crippen molar-refractivity contribution in [2.45, 2.75) is 6.42 Å². The fourth-order valence-corrected chi connectivity index (χ4v) is 3.40. The predicted octanol–water partition coefficient (Wildman–Crippen LogP) is 5.81. The van der Waals surface area contributed by atoms with Gasteiger partial charge in [-0.25, -0.2) is 0 Å². The molecule has 4 aromatic rings. The minimum absolute atomic E-state index is 0.301. The Morgan fingerprint density at radius 3 is 1.94 bits per heavy atom. The highest BCUT2D eigenvalue weighted by atomic mass is 16.5. The first-order chi connectivity index (χ1) is 16.2. The van der Waals surface area contributed by atoms with Crippen molar-refractivity contribution in [3.05, 3.63) is 126 Å². The number of amides is 2. The van der Waals surface area contributed by atoms with Gasteiger partial charge in [-0.3, -0.25) is 9.59 Å². The number of hydrogen-bond donors (Lipinski definition) is 2. The number of rotatable bonds is 8. The number of carbonyl (C=O) groups excluding carboxylic acids is 2. The van der Waals surface area contributed by atoms with Crippen LogP contribution in [0.2, 0.25) is 0 Å². The summed E-state index contributed by atoms with van der Waals surface area (Å²) in [5.41, 5.74) is 3.05. The second-order valence-electron chi connectivity index (χ2n) is 7.40. The number of anilines is 2. The Labute approximate surface area is 193 Å². The summed E-state index contributed by atoms with van der Waals surface area (Å²) in [6.07, 6.45) is 0.735. The smallest absolute Gasteiger partial charge is 0.259 e. The van der Waals surface area contributed by atoms with Crippen LogP contribution in [0.15, 0.2) is 109 Å². The number of benzene rings is 4.